The van der Waals surface area contributed by atoms with Crippen molar-refractivity contribution < 1.29 is 13.2 Å². The Morgan fingerprint density at radius 3 is 2.22 bits per heavy atom. The lowest BCUT2D eigenvalue weighted by atomic mass is 9.80. The average molecular weight is 257 g/mol. The van der Waals surface area contributed by atoms with Crippen LogP contribution in [0.4, 0.5) is 13.2 Å². The fraction of sp³-hybridized carbons (Fsp3) is 0.571. The molecule has 2 rings (SSSR count). The minimum absolute atomic E-state index is 0.0921. The van der Waals surface area contributed by atoms with Gasteiger partial charge in [0.1, 0.15) is 6.04 Å². The van der Waals surface area contributed by atoms with Gasteiger partial charge in [-0.25, -0.2) is 0 Å². The Bertz CT molecular complexity index is 370. The van der Waals surface area contributed by atoms with Crippen molar-refractivity contribution in [2.75, 3.05) is 0 Å². The van der Waals surface area contributed by atoms with E-state index in [0.29, 0.717) is 5.92 Å². The fourth-order valence-electron chi connectivity index (χ4n) is 2.36. The van der Waals surface area contributed by atoms with Gasteiger partial charge in [0.2, 0.25) is 0 Å². The summed E-state index contributed by atoms with van der Waals surface area (Å²) in [5.74, 6) is 0.388. The van der Waals surface area contributed by atoms with Crippen LogP contribution in [0.5, 0.6) is 0 Å². The molecule has 2 atom stereocenters. The van der Waals surface area contributed by atoms with E-state index in [2.05, 4.69) is 5.32 Å². The summed E-state index contributed by atoms with van der Waals surface area (Å²) < 4.78 is 39.3. The van der Waals surface area contributed by atoms with E-state index in [4.69, 9.17) is 0 Å². The van der Waals surface area contributed by atoms with Crippen LogP contribution in [0.15, 0.2) is 30.3 Å². The highest BCUT2D eigenvalue weighted by Gasteiger charge is 2.42. The maximum absolute atomic E-state index is 13.1. The third kappa shape index (κ3) is 3.05. The molecule has 1 aliphatic carbocycles. The van der Waals surface area contributed by atoms with Gasteiger partial charge < -0.3 is 0 Å². The van der Waals surface area contributed by atoms with E-state index in [0.717, 1.165) is 19.3 Å². The summed E-state index contributed by atoms with van der Waals surface area (Å²) in [4.78, 5) is 0. The normalized spacial score (nSPS) is 20.2. The first kappa shape index (κ1) is 13.4. The van der Waals surface area contributed by atoms with Crippen LogP contribution in [-0.2, 0) is 0 Å². The number of nitrogens with one attached hydrogen (secondary N) is 1. The Morgan fingerprint density at radius 1 is 1.17 bits per heavy atom. The van der Waals surface area contributed by atoms with E-state index in [9.17, 15) is 13.2 Å². The lowest BCUT2D eigenvalue weighted by Gasteiger charge is -2.35. The predicted octanol–water partition coefficient (Wildman–Crippen LogP) is 4.07. The number of alkyl halides is 3. The Balaban J connectivity index is 2.11. The summed E-state index contributed by atoms with van der Waals surface area (Å²) in [6.45, 7) is 1.85. The Kier molecular flexibility index (Phi) is 3.95. The molecule has 18 heavy (non-hydrogen) atoms. The number of benzene rings is 1. The molecule has 1 saturated carbocycles. The molecule has 0 spiro atoms. The molecule has 1 fully saturated rings. The Morgan fingerprint density at radius 2 is 1.78 bits per heavy atom. The molecule has 0 radical (unpaired) electrons. The van der Waals surface area contributed by atoms with Crippen LogP contribution in [0.2, 0.25) is 0 Å². The van der Waals surface area contributed by atoms with Crippen LogP contribution in [0.25, 0.3) is 0 Å². The molecule has 4 heteroatoms. The molecule has 1 aromatic rings. The second-order valence-corrected chi connectivity index (χ2v) is 5.03. The van der Waals surface area contributed by atoms with E-state index >= 15 is 0 Å². The van der Waals surface area contributed by atoms with Crippen molar-refractivity contribution in [1.82, 2.24) is 5.32 Å². The molecule has 2 unspecified atom stereocenters. The van der Waals surface area contributed by atoms with Crippen LogP contribution in [0, 0.1) is 5.92 Å². The largest absolute Gasteiger partial charge is 0.407 e. The van der Waals surface area contributed by atoms with Gasteiger partial charge >= 0.3 is 6.18 Å². The van der Waals surface area contributed by atoms with Gasteiger partial charge in [-0.05, 0) is 31.2 Å². The zero-order valence-electron chi connectivity index (χ0n) is 10.4. The van der Waals surface area contributed by atoms with E-state index in [1.54, 1.807) is 18.2 Å². The molecule has 1 aliphatic rings. The first-order chi connectivity index (χ1) is 8.48. The highest BCUT2D eigenvalue weighted by atomic mass is 19.4. The third-order valence-corrected chi connectivity index (χ3v) is 3.75. The monoisotopic (exact) mass is 257 g/mol. The lowest BCUT2D eigenvalue weighted by molar-refractivity contribution is -0.160. The Hall–Kier alpha value is -1.03. The molecule has 0 amide bonds. The zero-order chi connectivity index (χ0) is 13.2. The SMILES string of the molecule is CC(NC(c1ccccc1)C(F)(F)F)C1CCC1. The molecule has 0 heterocycles. The van der Waals surface area contributed by atoms with Gasteiger partial charge in [0.25, 0.3) is 0 Å². The fourth-order valence-corrected chi connectivity index (χ4v) is 2.36. The molecule has 1 nitrogen and oxygen atoms in total. The second kappa shape index (κ2) is 5.31. The summed E-state index contributed by atoms with van der Waals surface area (Å²) in [7, 11) is 0. The van der Waals surface area contributed by atoms with Crippen LogP contribution in [-0.4, -0.2) is 12.2 Å². The highest BCUT2D eigenvalue weighted by molar-refractivity contribution is 5.20. The standard InChI is InChI=1S/C14H18F3N/c1-10(11-8-5-9-11)18-13(14(15,16)17)12-6-3-2-4-7-12/h2-4,6-7,10-11,13,18H,5,8-9H2,1H3. The van der Waals surface area contributed by atoms with E-state index in [1.807, 2.05) is 6.92 Å². The minimum Gasteiger partial charge on any atom is -0.300 e. The van der Waals surface area contributed by atoms with Gasteiger partial charge in [0.15, 0.2) is 0 Å². The predicted molar refractivity (Wildman–Crippen MR) is 65.2 cm³/mol. The minimum atomic E-state index is -4.25. The Labute approximate surface area is 105 Å². The summed E-state index contributed by atoms with van der Waals surface area (Å²) in [6.07, 6.45) is -1.04. The average Bonchev–Trinajstić information content (AvgIpc) is 2.23. The van der Waals surface area contributed by atoms with Gasteiger partial charge in [-0.15, -0.1) is 0 Å². The van der Waals surface area contributed by atoms with Crippen LogP contribution in [0.1, 0.15) is 37.8 Å². The van der Waals surface area contributed by atoms with Crippen LogP contribution >= 0.6 is 0 Å². The summed E-state index contributed by atoms with van der Waals surface area (Å²) >= 11 is 0. The lowest BCUT2D eigenvalue weighted by Crippen LogP contribution is -2.44. The quantitative estimate of drug-likeness (QED) is 0.857. The number of halogens is 3. The number of hydrogen-bond acceptors (Lipinski definition) is 1. The van der Waals surface area contributed by atoms with Crippen LogP contribution < -0.4 is 5.32 Å². The molecule has 100 valence electrons. The van der Waals surface area contributed by atoms with Crippen molar-refractivity contribution in [3.8, 4) is 0 Å². The van der Waals surface area contributed by atoms with Crippen molar-refractivity contribution in [1.29, 1.82) is 0 Å². The van der Waals surface area contributed by atoms with E-state index < -0.39 is 12.2 Å². The first-order valence-electron chi connectivity index (χ1n) is 6.36. The zero-order valence-corrected chi connectivity index (χ0v) is 10.4. The van der Waals surface area contributed by atoms with Crippen molar-refractivity contribution in [3.63, 3.8) is 0 Å². The smallest absolute Gasteiger partial charge is 0.300 e. The molecular formula is C14H18F3N. The highest BCUT2D eigenvalue weighted by Crippen LogP contribution is 2.36. The summed E-state index contributed by atoms with van der Waals surface area (Å²) in [5.41, 5.74) is 0.288. The van der Waals surface area contributed by atoms with Gasteiger partial charge in [-0.2, -0.15) is 13.2 Å². The topological polar surface area (TPSA) is 12.0 Å². The van der Waals surface area contributed by atoms with Crippen molar-refractivity contribution in [2.24, 2.45) is 5.92 Å². The van der Waals surface area contributed by atoms with E-state index in [1.165, 1.54) is 12.1 Å². The van der Waals surface area contributed by atoms with Gasteiger partial charge in [0, 0.05) is 6.04 Å². The van der Waals surface area contributed by atoms with Crippen molar-refractivity contribution in [2.45, 2.75) is 44.4 Å². The molecule has 1 aromatic carbocycles. The molecular weight excluding hydrogens is 239 g/mol. The van der Waals surface area contributed by atoms with E-state index in [-0.39, 0.29) is 11.6 Å². The van der Waals surface area contributed by atoms with Gasteiger partial charge in [-0.3, -0.25) is 5.32 Å². The maximum atomic E-state index is 13.1. The third-order valence-electron chi connectivity index (χ3n) is 3.75. The number of rotatable bonds is 4. The second-order valence-electron chi connectivity index (χ2n) is 5.03. The van der Waals surface area contributed by atoms with Crippen LogP contribution in [0.3, 0.4) is 0 Å². The molecule has 0 saturated heterocycles. The summed E-state index contributed by atoms with van der Waals surface area (Å²) in [6, 6.07) is 6.41. The first-order valence-corrected chi connectivity index (χ1v) is 6.36. The van der Waals surface area contributed by atoms with Gasteiger partial charge in [-0.1, -0.05) is 36.8 Å². The maximum Gasteiger partial charge on any atom is 0.407 e. The van der Waals surface area contributed by atoms with Crippen molar-refractivity contribution in [3.05, 3.63) is 35.9 Å². The molecule has 1 N–H and O–H groups in total. The number of hydrogen-bond donors (Lipinski definition) is 1. The molecule has 0 aromatic heterocycles. The summed E-state index contributed by atoms with van der Waals surface area (Å²) in [5, 5.41) is 2.75. The van der Waals surface area contributed by atoms with Crippen molar-refractivity contribution >= 4 is 0 Å². The van der Waals surface area contributed by atoms with Gasteiger partial charge in [0.05, 0.1) is 0 Å². The molecule has 0 aliphatic heterocycles. The molecule has 0 bridgehead atoms.